The van der Waals surface area contributed by atoms with E-state index in [1.165, 1.54) is 0 Å². The quantitative estimate of drug-likeness (QED) is 0.615. The van der Waals surface area contributed by atoms with Crippen molar-refractivity contribution < 1.29 is 19.0 Å². The van der Waals surface area contributed by atoms with Crippen LogP contribution in [0.5, 0.6) is 17.2 Å². The van der Waals surface area contributed by atoms with Crippen molar-refractivity contribution in [1.82, 2.24) is 5.32 Å². The summed E-state index contributed by atoms with van der Waals surface area (Å²) in [5.41, 5.74) is 0.932. The van der Waals surface area contributed by atoms with E-state index in [4.69, 9.17) is 14.2 Å². The van der Waals surface area contributed by atoms with E-state index in [2.05, 4.69) is 37.1 Å². The van der Waals surface area contributed by atoms with Crippen molar-refractivity contribution >= 4 is 16.7 Å². The van der Waals surface area contributed by atoms with Gasteiger partial charge in [-0.25, -0.2) is 0 Å². The van der Waals surface area contributed by atoms with E-state index in [1.54, 1.807) is 0 Å². The monoisotopic (exact) mass is 415 g/mol. The van der Waals surface area contributed by atoms with Crippen molar-refractivity contribution in [3.05, 3.63) is 66.2 Å². The molecule has 31 heavy (non-hydrogen) atoms. The maximum absolute atomic E-state index is 12.0. The predicted molar refractivity (Wildman–Crippen MR) is 121 cm³/mol. The minimum absolute atomic E-state index is 0.0558. The van der Waals surface area contributed by atoms with Gasteiger partial charge in [-0.05, 0) is 42.8 Å². The van der Waals surface area contributed by atoms with Gasteiger partial charge in [0.05, 0.1) is 6.54 Å². The summed E-state index contributed by atoms with van der Waals surface area (Å²) in [6.07, 6.45) is 0.860. The summed E-state index contributed by atoms with van der Waals surface area (Å²) < 4.78 is 17.3. The number of hydrogen-bond acceptors (Lipinski definition) is 4. The van der Waals surface area contributed by atoms with Gasteiger partial charge in [-0.2, -0.15) is 0 Å². The zero-order chi connectivity index (χ0) is 21.7. The lowest BCUT2D eigenvalue weighted by Gasteiger charge is -2.17. The van der Waals surface area contributed by atoms with Crippen molar-refractivity contribution in [2.24, 2.45) is 0 Å². The molecule has 0 aliphatic carbocycles. The highest BCUT2D eigenvalue weighted by atomic mass is 16.5. The van der Waals surface area contributed by atoms with Crippen molar-refractivity contribution in [3.8, 4) is 29.1 Å². The molecule has 0 saturated heterocycles. The largest absolute Gasteiger partial charge is 0.484 e. The van der Waals surface area contributed by atoms with Crippen LogP contribution < -0.4 is 19.5 Å². The van der Waals surface area contributed by atoms with Gasteiger partial charge in [0.25, 0.3) is 5.91 Å². The Morgan fingerprint density at radius 1 is 1.03 bits per heavy atom. The second kappa shape index (κ2) is 9.01. The highest BCUT2D eigenvalue weighted by molar-refractivity contribution is 5.84. The Labute approximate surface area is 182 Å². The van der Waals surface area contributed by atoms with Crippen LogP contribution in [0.15, 0.2) is 60.7 Å². The molecule has 0 spiro atoms. The number of carbonyl (C=O) groups excluding carboxylic acids is 1. The first kappa shape index (κ1) is 20.6. The molecule has 0 unspecified atom stereocenters. The van der Waals surface area contributed by atoms with Gasteiger partial charge in [0, 0.05) is 12.0 Å². The van der Waals surface area contributed by atoms with Crippen LogP contribution in [-0.2, 0) is 11.2 Å². The molecule has 5 heteroatoms. The van der Waals surface area contributed by atoms with Crippen molar-refractivity contribution in [2.75, 3.05) is 19.8 Å². The topological polar surface area (TPSA) is 56.8 Å². The van der Waals surface area contributed by atoms with Gasteiger partial charge in [0.15, 0.2) is 18.1 Å². The summed E-state index contributed by atoms with van der Waals surface area (Å²) in [4.78, 5) is 12.0. The first-order chi connectivity index (χ1) is 15.0. The molecule has 0 fully saturated rings. The molecular formula is C26H25NO4. The number of ether oxygens (including phenoxy) is 3. The van der Waals surface area contributed by atoms with Crippen LogP contribution in [0.3, 0.4) is 0 Å². The Bertz CT molecular complexity index is 1160. The zero-order valence-corrected chi connectivity index (χ0v) is 17.7. The smallest absolute Gasteiger partial charge is 0.258 e. The molecule has 3 aromatic rings. The second-order valence-electron chi connectivity index (χ2n) is 8.00. The van der Waals surface area contributed by atoms with Gasteiger partial charge in [0.2, 0.25) is 0 Å². The maximum atomic E-state index is 12.0. The minimum Gasteiger partial charge on any atom is -0.484 e. The standard InChI is InChI=1S/C26H25NO4/c1-26(2)17-21-10-7-11-23(25(21)31-26)29-15-6-5-14-27-24(28)18-30-22-13-12-19-8-3-4-9-20(19)16-22/h3-4,7-13,16H,14-15,17-18H2,1-2H3,(H,27,28). The summed E-state index contributed by atoms with van der Waals surface area (Å²) in [6.45, 7) is 4.52. The molecule has 4 rings (SSSR count). The van der Waals surface area contributed by atoms with Gasteiger partial charge in [-0.3, -0.25) is 4.79 Å². The number of carbonyl (C=O) groups is 1. The maximum Gasteiger partial charge on any atom is 0.258 e. The third-order valence-electron chi connectivity index (χ3n) is 4.94. The van der Waals surface area contributed by atoms with E-state index in [0.717, 1.165) is 28.5 Å². The number of rotatable bonds is 6. The molecule has 1 aliphatic heterocycles. The average Bonchev–Trinajstić information content (AvgIpc) is 3.09. The first-order valence-corrected chi connectivity index (χ1v) is 10.3. The van der Waals surface area contributed by atoms with Crippen molar-refractivity contribution in [2.45, 2.75) is 25.9 Å². The molecule has 0 bridgehead atoms. The number of para-hydroxylation sites is 1. The lowest BCUT2D eigenvalue weighted by molar-refractivity contribution is -0.122. The second-order valence-corrected chi connectivity index (χ2v) is 8.00. The van der Waals surface area contributed by atoms with Gasteiger partial charge >= 0.3 is 0 Å². The van der Waals surface area contributed by atoms with Crippen LogP contribution in [0.2, 0.25) is 0 Å². The third kappa shape index (κ3) is 5.29. The van der Waals surface area contributed by atoms with Gasteiger partial charge in [-0.15, -0.1) is 0 Å². The fourth-order valence-electron chi connectivity index (χ4n) is 3.53. The van der Waals surface area contributed by atoms with Gasteiger partial charge in [0.1, 0.15) is 18.0 Å². The number of amides is 1. The van der Waals surface area contributed by atoms with Crippen LogP contribution in [0.25, 0.3) is 10.8 Å². The molecule has 0 aromatic heterocycles. The number of nitrogens with one attached hydrogen (secondary N) is 1. The molecule has 3 aromatic carbocycles. The van der Waals surface area contributed by atoms with Crippen LogP contribution in [0, 0.1) is 11.8 Å². The van der Waals surface area contributed by atoms with E-state index in [9.17, 15) is 4.79 Å². The molecular weight excluding hydrogens is 390 g/mol. The lowest BCUT2D eigenvalue weighted by atomic mass is 10.0. The summed E-state index contributed by atoms with van der Waals surface area (Å²) in [7, 11) is 0. The molecule has 0 radical (unpaired) electrons. The van der Waals surface area contributed by atoms with Crippen molar-refractivity contribution in [1.29, 1.82) is 0 Å². The molecule has 0 saturated carbocycles. The van der Waals surface area contributed by atoms with E-state index >= 15 is 0 Å². The van der Waals surface area contributed by atoms with Crippen LogP contribution >= 0.6 is 0 Å². The fourth-order valence-corrected chi connectivity index (χ4v) is 3.53. The van der Waals surface area contributed by atoms with Gasteiger partial charge < -0.3 is 19.5 Å². The molecule has 158 valence electrons. The van der Waals surface area contributed by atoms with Crippen LogP contribution in [0.4, 0.5) is 0 Å². The Hall–Kier alpha value is -3.65. The summed E-state index contributed by atoms with van der Waals surface area (Å²) >= 11 is 0. The normalized spacial score (nSPS) is 13.5. The molecule has 1 heterocycles. The van der Waals surface area contributed by atoms with E-state index in [1.807, 2.05) is 54.6 Å². The number of benzene rings is 3. The van der Waals surface area contributed by atoms with Crippen molar-refractivity contribution in [3.63, 3.8) is 0 Å². The SMILES string of the molecule is CC1(C)Cc2cccc(OCC#CCNC(=O)COc3ccc4ccccc4c3)c2O1. The molecule has 1 N–H and O–H groups in total. The zero-order valence-electron chi connectivity index (χ0n) is 17.7. The summed E-state index contributed by atoms with van der Waals surface area (Å²) in [5.74, 6) is 7.74. The highest BCUT2D eigenvalue weighted by Gasteiger charge is 2.32. The van der Waals surface area contributed by atoms with E-state index < -0.39 is 0 Å². The van der Waals surface area contributed by atoms with Gasteiger partial charge in [-0.1, -0.05) is 54.3 Å². The average molecular weight is 415 g/mol. The summed E-state index contributed by atoms with van der Waals surface area (Å²) in [6, 6.07) is 19.7. The first-order valence-electron chi connectivity index (χ1n) is 10.3. The highest BCUT2D eigenvalue weighted by Crippen LogP contribution is 2.41. The van der Waals surface area contributed by atoms with Crippen LogP contribution in [0.1, 0.15) is 19.4 Å². The Morgan fingerprint density at radius 3 is 2.74 bits per heavy atom. The van der Waals surface area contributed by atoms with E-state index in [-0.39, 0.29) is 31.3 Å². The third-order valence-corrected chi connectivity index (χ3v) is 4.94. The Morgan fingerprint density at radius 2 is 1.87 bits per heavy atom. The van der Waals surface area contributed by atoms with E-state index in [0.29, 0.717) is 11.5 Å². The molecule has 1 amide bonds. The predicted octanol–water partition coefficient (Wildman–Crippen LogP) is 4.13. The molecule has 0 atom stereocenters. The lowest BCUT2D eigenvalue weighted by Crippen LogP contribution is -2.29. The molecule has 1 aliphatic rings. The summed E-state index contributed by atoms with van der Waals surface area (Å²) in [5, 5.41) is 4.93. The minimum atomic E-state index is -0.222. The Kier molecular flexibility index (Phi) is 5.99. The van der Waals surface area contributed by atoms with Crippen LogP contribution in [-0.4, -0.2) is 31.3 Å². The molecule has 5 nitrogen and oxygen atoms in total. The Balaban J connectivity index is 1.19. The number of fused-ring (bicyclic) bond motifs is 2. The fraction of sp³-hybridized carbons (Fsp3) is 0.269. The number of hydrogen-bond donors (Lipinski definition) is 1.